The lowest BCUT2D eigenvalue weighted by Gasteiger charge is -2.20. The van der Waals surface area contributed by atoms with Crippen molar-refractivity contribution < 1.29 is 18.8 Å². The van der Waals surface area contributed by atoms with Gasteiger partial charge in [0.15, 0.2) is 0 Å². The quantitative estimate of drug-likeness (QED) is 0.711. The van der Waals surface area contributed by atoms with Crippen LogP contribution in [0.25, 0.3) is 0 Å². The van der Waals surface area contributed by atoms with Crippen LogP contribution in [0.15, 0.2) is 17.2 Å². The number of nitrogens with one attached hydrogen (secondary N) is 2. The van der Waals surface area contributed by atoms with Crippen molar-refractivity contribution in [2.75, 3.05) is 25.6 Å². The summed E-state index contributed by atoms with van der Waals surface area (Å²) in [6, 6.07) is 1.92. The van der Waals surface area contributed by atoms with Gasteiger partial charge in [0, 0.05) is 18.7 Å². The van der Waals surface area contributed by atoms with E-state index in [2.05, 4.69) is 21.2 Å². The summed E-state index contributed by atoms with van der Waals surface area (Å²) in [4.78, 5) is 13.2. The second-order valence-corrected chi connectivity index (χ2v) is 9.43. The van der Waals surface area contributed by atoms with Gasteiger partial charge in [-0.05, 0) is 61.3 Å². The molecule has 2 amide bonds. The molecule has 2 aromatic rings. The van der Waals surface area contributed by atoms with Crippen molar-refractivity contribution in [3.05, 3.63) is 34.5 Å². The molecule has 0 radical (unpaired) electrons. The van der Waals surface area contributed by atoms with Crippen molar-refractivity contribution in [3.8, 4) is 5.88 Å². The molecule has 1 aromatic carbocycles. The smallest absolute Gasteiger partial charge is 0.361 e. The molecular weight excluding hydrogens is 404 g/mol. The molecular formula is C21H26N4O4S. The van der Waals surface area contributed by atoms with Gasteiger partial charge in [0.2, 0.25) is 0 Å². The summed E-state index contributed by atoms with van der Waals surface area (Å²) in [5.41, 5.74) is 5.90. The highest BCUT2D eigenvalue weighted by Gasteiger charge is 2.34. The highest BCUT2D eigenvalue weighted by atomic mass is 32.2. The van der Waals surface area contributed by atoms with Crippen LogP contribution in [0.2, 0.25) is 0 Å². The monoisotopic (exact) mass is 430 g/mol. The zero-order chi connectivity index (χ0) is 20.8. The molecule has 2 N–H and O–H groups in total. The SMILES string of the molecule is COC[C@H]1CCc2cc3c(c(NC(=O)N[S@@+]([O-])c4cnn5c4OC[C@H]5C)c21)CCC3. The number of ether oxygens (including phenoxy) is 2. The molecule has 5 rings (SSSR count). The minimum Gasteiger partial charge on any atom is -0.588 e. The van der Waals surface area contributed by atoms with Crippen LogP contribution in [-0.2, 0) is 35.4 Å². The van der Waals surface area contributed by atoms with Gasteiger partial charge in [-0.1, -0.05) is 6.07 Å². The third-order valence-corrected chi connectivity index (χ3v) is 7.34. The van der Waals surface area contributed by atoms with E-state index >= 15 is 0 Å². The van der Waals surface area contributed by atoms with E-state index in [1.54, 1.807) is 11.8 Å². The Hall–Kier alpha value is -2.23. The van der Waals surface area contributed by atoms with Crippen LogP contribution in [0.4, 0.5) is 10.5 Å². The molecule has 3 atom stereocenters. The largest absolute Gasteiger partial charge is 0.588 e. The summed E-state index contributed by atoms with van der Waals surface area (Å²) in [7, 11) is 1.71. The fraction of sp³-hybridized carbons (Fsp3) is 0.524. The molecule has 0 bridgehead atoms. The molecule has 9 heteroatoms. The van der Waals surface area contributed by atoms with Crippen LogP contribution in [0.3, 0.4) is 0 Å². The Kier molecular flexibility index (Phi) is 5.12. The molecule has 0 spiro atoms. The van der Waals surface area contributed by atoms with Gasteiger partial charge < -0.3 is 19.3 Å². The summed E-state index contributed by atoms with van der Waals surface area (Å²) in [6.07, 6.45) is 6.59. The van der Waals surface area contributed by atoms with Crippen molar-refractivity contribution in [2.45, 2.75) is 55.9 Å². The number of nitrogens with zero attached hydrogens (tertiary/aromatic N) is 2. The molecule has 0 saturated carbocycles. The number of anilines is 1. The van der Waals surface area contributed by atoms with E-state index in [-0.39, 0.29) is 12.0 Å². The fourth-order valence-electron chi connectivity index (χ4n) is 4.94. The van der Waals surface area contributed by atoms with E-state index in [1.807, 2.05) is 6.92 Å². The number of hydrogen-bond donors (Lipinski definition) is 2. The van der Waals surface area contributed by atoms with Crippen molar-refractivity contribution in [1.29, 1.82) is 0 Å². The summed E-state index contributed by atoms with van der Waals surface area (Å²) in [5, 5.41) is 7.26. The number of urea groups is 1. The highest BCUT2D eigenvalue weighted by molar-refractivity contribution is 7.90. The maximum Gasteiger partial charge on any atom is 0.361 e. The fourth-order valence-corrected chi connectivity index (χ4v) is 5.73. The Morgan fingerprint density at radius 3 is 3.10 bits per heavy atom. The van der Waals surface area contributed by atoms with Gasteiger partial charge >= 0.3 is 6.03 Å². The Morgan fingerprint density at radius 1 is 1.40 bits per heavy atom. The molecule has 0 saturated heterocycles. The number of aryl methyl sites for hydroxylation is 2. The second-order valence-electron chi connectivity index (χ2n) is 8.25. The Labute approximate surface area is 178 Å². The summed E-state index contributed by atoms with van der Waals surface area (Å²) in [6.45, 7) is 3.10. The third kappa shape index (κ3) is 3.25. The lowest BCUT2D eigenvalue weighted by Crippen LogP contribution is -2.35. The van der Waals surface area contributed by atoms with Crippen LogP contribution in [-0.4, -0.2) is 40.7 Å². The molecule has 3 aliphatic rings. The van der Waals surface area contributed by atoms with Crippen LogP contribution in [0.1, 0.15) is 54.0 Å². The molecule has 0 unspecified atom stereocenters. The zero-order valence-corrected chi connectivity index (χ0v) is 18.0. The molecule has 8 nitrogen and oxygen atoms in total. The average Bonchev–Trinajstić information content (AvgIpc) is 3.48. The summed E-state index contributed by atoms with van der Waals surface area (Å²) in [5.74, 6) is 0.730. The van der Waals surface area contributed by atoms with Crippen LogP contribution in [0, 0.1) is 0 Å². The molecule has 1 aromatic heterocycles. The van der Waals surface area contributed by atoms with Gasteiger partial charge in [0.25, 0.3) is 10.8 Å². The topological polar surface area (TPSA) is 100 Å². The lowest BCUT2D eigenvalue weighted by molar-refractivity contribution is 0.179. The van der Waals surface area contributed by atoms with Crippen molar-refractivity contribution in [1.82, 2.24) is 14.5 Å². The van der Waals surface area contributed by atoms with Gasteiger partial charge in [-0.3, -0.25) is 0 Å². The van der Waals surface area contributed by atoms with Gasteiger partial charge in [-0.15, -0.1) is 4.72 Å². The van der Waals surface area contributed by atoms with Gasteiger partial charge in [-0.2, -0.15) is 5.10 Å². The number of amides is 2. The third-order valence-electron chi connectivity index (χ3n) is 6.28. The first-order chi connectivity index (χ1) is 14.6. The molecule has 160 valence electrons. The predicted molar refractivity (Wildman–Crippen MR) is 112 cm³/mol. The maximum atomic E-state index is 12.8. The first-order valence-corrected chi connectivity index (χ1v) is 11.6. The van der Waals surface area contributed by atoms with Crippen LogP contribution < -0.4 is 14.8 Å². The van der Waals surface area contributed by atoms with E-state index in [0.717, 1.165) is 37.8 Å². The first-order valence-electron chi connectivity index (χ1n) is 10.4. The minimum atomic E-state index is -1.76. The number of aromatic nitrogens is 2. The number of benzene rings is 1. The van der Waals surface area contributed by atoms with Crippen LogP contribution in [0.5, 0.6) is 5.88 Å². The summed E-state index contributed by atoms with van der Waals surface area (Å²) < 4.78 is 28.1. The van der Waals surface area contributed by atoms with Crippen molar-refractivity contribution >= 4 is 23.1 Å². The normalized spacial score (nSPS) is 22.2. The molecule has 0 fully saturated rings. The molecule has 1 aliphatic heterocycles. The van der Waals surface area contributed by atoms with Crippen molar-refractivity contribution in [3.63, 3.8) is 0 Å². The Bertz CT molecular complexity index is 992. The number of fused-ring (bicyclic) bond motifs is 3. The van der Waals surface area contributed by atoms with Crippen molar-refractivity contribution in [2.24, 2.45) is 0 Å². The zero-order valence-electron chi connectivity index (χ0n) is 17.2. The Balaban J connectivity index is 1.38. The molecule has 30 heavy (non-hydrogen) atoms. The number of rotatable bonds is 5. The van der Waals surface area contributed by atoms with Crippen LogP contribution >= 0.6 is 0 Å². The number of carbonyl (C=O) groups is 1. The second kappa shape index (κ2) is 7.79. The number of hydrogen-bond acceptors (Lipinski definition) is 5. The standard InChI is InChI=1S/C21H26N4O4S/c1-12-10-29-20-17(9-22-25(12)20)30(27)24-21(26)23-19-16-5-3-4-13(16)8-14-6-7-15(11-28-2)18(14)19/h8-9,12,15H,3-7,10-11H2,1-2H3,(H2,23,24,26)/t12-,15-,30+/m1/s1. The Morgan fingerprint density at radius 2 is 2.27 bits per heavy atom. The predicted octanol–water partition coefficient (Wildman–Crippen LogP) is 2.85. The van der Waals surface area contributed by atoms with E-state index in [9.17, 15) is 9.35 Å². The average molecular weight is 431 g/mol. The highest BCUT2D eigenvalue weighted by Crippen LogP contribution is 2.44. The van der Waals surface area contributed by atoms with Gasteiger partial charge in [0.1, 0.15) is 24.2 Å². The van der Waals surface area contributed by atoms with E-state index < -0.39 is 17.4 Å². The molecule has 2 aliphatic carbocycles. The van der Waals surface area contributed by atoms with E-state index in [1.165, 1.54) is 28.5 Å². The maximum absolute atomic E-state index is 12.8. The lowest BCUT2D eigenvalue weighted by atomic mass is 9.94. The van der Waals surface area contributed by atoms with Gasteiger partial charge in [-0.25, -0.2) is 9.48 Å². The number of methoxy groups -OCH3 is 1. The van der Waals surface area contributed by atoms with E-state index in [0.29, 0.717) is 24.0 Å². The minimum absolute atomic E-state index is 0.0896. The first kappa shape index (κ1) is 19.7. The number of carbonyl (C=O) groups excluding carboxylic acids is 1. The van der Waals surface area contributed by atoms with Gasteiger partial charge in [0.05, 0.1) is 12.6 Å². The summed E-state index contributed by atoms with van der Waals surface area (Å²) >= 11 is -1.76. The van der Waals surface area contributed by atoms with E-state index in [4.69, 9.17) is 9.47 Å². The molecule has 2 heterocycles.